The molecule has 2 aromatic rings. The Labute approximate surface area is 128 Å². The summed E-state index contributed by atoms with van der Waals surface area (Å²) >= 11 is 0. The Hall–Kier alpha value is -1.35. The number of benzene rings is 1. The number of aryl methyl sites for hydroxylation is 2. The molecule has 116 valence electrons. The highest BCUT2D eigenvalue weighted by atomic mass is 15.1. The van der Waals surface area contributed by atoms with E-state index in [-0.39, 0.29) is 0 Å². The second kappa shape index (κ2) is 8.18. The molecule has 0 amide bonds. The fourth-order valence-corrected chi connectivity index (χ4v) is 2.82. The van der Waals surface area contributed by atoms with Crippen molar-refractivity contribution < 1.29 is 0 Å². The van der Waals surface area contributed by atoms with E-state index in [1.165, 1.54) is 42.6 Å². The Morgan fingerprint density at radius 2 is 2.00 bits per heavy atom. The van der Waals surface area contributed by atoms with E-state index in [0.717, 1.165) is 31.4 Å². The van der Waals surface area contributed by atoms with Crippen LogP contribution in [-0.2, 0) is 19.4 Å². The van der Waals surface area contributed by atoms with Crippen LogP contribution in [0.3, 0.4) is 0 Å². The Balaban J connectivity index is 2.24. The number of unbranched alkanes of at least 4 members (excludes halogenated alkanes) is 3. The zero-order chi connectivity index (χ0) is 15.1. The molecule has 0 aliphatic rings. The second-order valence-corrected chi connectivity index (χ2v) is 5.77. The first-order valence-electron chi connectivity index (χ1n) is 8.42. The average Bonchev–Trinajstić information content (AvgIpc) is 2.86. The number of fused-ring (bicyclic) bond motifs is 1. The van der Waals surface area contributed by atoms with Crippen LogP contribution in [0.15, 0.2) is 18.2 Å². The molecule has 0 atom stereocenters. The smallest absolute Gasteiger partial charge is 0.111 e. The number of imidazole rings is 1. The van der Waals surface area contributed by atoms with Crippen LogP contribution in [0, 0.1) is 0 Å². The maximum Gasteiger partial charge on any atom is 0.111 e. The third-order valence-corrected chi connectivity index (χ3v) is 4.13. The average molecular weight is 287 g/mol. The highest BCUT2D eigenvalue weighted by Crippen LogP contribution is 2.20. The van der Waals surface area contributed by atoms with Crippen molar-refractivity contribution in [2.45, 2.75) is 58.9 Å². The number of nitrogens with one attached hydrogen (secondary N) is 1. The Morgan fingerprint density at radius 1 is 1.14 bits per heavy atom. The third kappa shape index (κ3) is 4.07. The van der Waals surface area contributed by atoms with Crippen molar-refractivity contribution in [3.63, 3.8) is 0 Å². The zero-order valence-corrected chi connectivity index (χ0v) is 13.8. The van der Waals surface area contributed by atoms with Crippen molar-refractivity contribution in [2.75, 3.05) is 13.6 Å². The van der Waals surface area contributed by atoms with Crippen molar-refractivity contribution in [1.29, 1.82) is 0 Å². The number of likely N-dealkylation sites (N-methyl/N-ethyl adjacent to an activating group) is 1. The van der Waals surface area contributed by atoms with Crippen LogP contribution in [0.4, 0.5) is 0 Å². The molecule has 3 heteroatoms. The molecule has 1 heterocycles. The van der Waals surface area contributed by atoms with Crippen molar-refractivity contribution >= 4 is 11.0 Å². The minimum absolute atomic E-state index is 0.985. The predicted octanol–water partition coefficient (Wildman–Crippen LogP) is 3.94. The molecular weight excluding hydrogens is 258 g/mol. The predicted molar refractivity (Wildman–Crippen MR) is 90.9 cm³/mol. The van der Waals surface area contributed by atoms with E-state index in [9.17, 15) is 0 Å². The van der Waals surface area contributed by atoms with Gasteiger partial charge in [-0.2, -0.15) is 0 Å². The van der Waals surface area contributed by atoms with Crippen molar-refractivity contribution in [2.24, 2.45) is 0 Å². The molecule has 3 nitrogen and oxygen atoms in total. The molecule has 0 saturated heterocycles. The highest BCUT2D eigenvalue weighted by molar-refractivity contribution is 5.77. The lowest BCUT2D eigenvalue weighted by Crippen LogP contribution is -2.14. The van der Waals surface area contributed by atoms with Gasteiger partial charge in [-0.1, -0.05) is 39.2 Å². The van der Waals surface area contributed by atoms with Gasteiger partial charge in [0.1, 0.15) is 5.82 Å². The summed E-state index contributed by atoms with van der Waals surface area (Å²) in [5.41, 5.74) is 3.84. The van der Waals surface area contributed by atoms with Gasteiger partial charge in [0.25, 0.3) is 0 Å². The molecule has 0 aliphatic heterocycles. The number of hydrogen-bond donors (Lipinski definition) is 1. The summed E-state index contributed by atoms with van der Waals surface area (Å²) in [4.78, 5) is 4.88. The van der Waals surface area contributed by atoms with Gasteiger partial charge in [0.2, 0.25) is 0 Å². The van der Waals surface area contributed by atoms with Gasteiger partial charge >= 0.3 is 0 Å². The summed E-state index contributed by atoms with van der Waals surface area (Å²) in [5, 5.41) is 3.23. The summed E-state index contributed by atoms with van der Waals surface area (Å²) in [6.45, 7) is 6.54. The number of aromatic nitrogens is 2. The lowest BCUT2D eigenvalue weighted by Gasteiger charge is -2.09. The standard InChI is InChI=1S/C18H29N3/c1-4-6-7-8-13-21-17-10-9-15(5-2)14-16(17)20-18(21)11-12-19-3/h9-10,14,19H,4-8,11-13H2,1-3H3. The fraction of sp³-hybridized carbons (Fsp3) is 0.611. The van der Waals surface area contributed by atoms with Crippen molar-refractivity contribution in [3.05, 3.63) is 29.6 Å². The summed E-state index contributed by atoms with van der Waals surface area (Å²) in [5.74, 6) is 1.23. The maximum atomic E-state index is 4.88. The molecule has 0 spiro atoms. The van der Waals surface area contributed by atoms with E-state index in [4.69, 9.17) is 4.98 Å². The molecule has 0 aliphatic carbocycles. The van der Waals surface area contributed by atoms with Gasteiger partial charge in [-0.05, 0) is 37.6 Å². The minimum Gasteiger partial charge on any atom is -0.328 e. The van der Waals surface area contributed by atoms with Gasteiger partial charge in [-0.15, -0.1) is 0 Å². The number of hydrogen-bond acceptors (Lipinski definition) is 2. The van der Waals surface area contributed by atoms with Gasteiger partial charge in [0.15, 0.2) is 0 Å². The molecular formula is C18H29N3. The Bertz CT molecular complexity index is 557. The molecule has 0 fully saturated rings. The van der Waals surface area contributed by atoms with E-state index >= 15 is 0 Å². The summed E-state index contributed by atoms with van der Waals surface area (Å²) in [6.07, 6.45) is 7.26. The molecule has 0 bridgehead atoms. The molecule has 0 saturated carbocycles. The Kier molecular flexibility index (Phi) is 6.24. The summed E-state index contributed by atoms with van der Waals surface area (Å²) in [7, 11) is 2.00. The molecule has 1 N–H and O–H groups in total. The van der Waals surface area contributed by atoms with E-state index in [1.54, 1.807) is 0 Å². The first-order chi connectivity index (χ1) is 10.3. The van der Waals surface area contributed by atoms with Crippen molar-refractivity contribution in [1.82, 2.24) is 14.9 Å². The largest absolute Gasteiger partial charge is 0.328 e. The first kappa shape index (κ1) is 16.0. The van der Waals surface area contributed by atoms with E-state index in [0.29, 0.717) is 0 Å². The third-order valence-electron chi connectivity index (χ3n) is 4.13. The molecule has 1 aromatic carbocycles. The summed E-state index contributed by atoms with van der Waals surface area (Å²) < 4.78 is 2.43. The molecule has 1 aromatic heterocycles. The summed E-state index contributed by atoms with van der Waals surface area (Å²) in [6, 6.07) is 6.75. The maximum absolute atomic E-state index is 4.88. The Morgan fingerprint density at radius 3 is 2.71 bits per heavy atom. The van der Waals surface area contributed by atoms with Crippen molar-refractivity contribution in [3.8, 4) is 0 Å². The number of rotatable bonds is 9. The minimum atomic E-state index is 0.985. The van der Waals surface area contributed by atoms with Crippen LogP contribution in [-0.4, -0.2) is 23.1 Å². The van der Waals surface area contributed by atoms with Gasteiger partial charge in [0, 0.05) is 19.5 Å². The fourth-order valence-electron chi connectivity index (χ4n) is 2.82. The topological polar surface area (TPSA) is 29.9 Å². The lowest BCUT2D eigenvalue weighted by molar-refractivity contribution is 0.570. The van der Waals surface area contributed by atoms with Crippen LogP contribution in [0.5, 0.6) is 0 Å². The van der Waals surface area contributed by atoms with E-state index < -0.39 is 0 Å². The van der Waals surface area contributed by atoms with Crippen LogP contribution < -0.4 is 5.32 Å². The number of nitrogens with zero attached hydrogens (tertiary/aromatic N) is 2. The zero-order valence-electron chi connectivity index (χ0n) is 13.8. The highest BCUT2D eigenvalue weighted by Gasteiger charge is 2.10. The van der Waals surface area contributed by atoms with Gasteiger partial charge < -0.3 is 9.88 Å². The molecule has 0 radical (unpaired) electrons. The normalized spacial score (nSPS) is 11.4. The van der Waals surface area contributed by atoms with Gasteiger partial charge in [-0.25, -0.2) is 4.98 Å². The quantitative estimate of drug-likeness (QED) is 0.708. The second-order valence-electron chi connectivity index (χ2n) is 5.77. The van der Waals surface area contributed by atoms with E-state index in [2.05, 4.69) is 41.9 Å². The lowest BCUT2D eigenvalue weighted by atomic mass is 10.1. The SMILES string of the molecule is CCCCCCn1c(CCNC)nc2cc(CC)ccc21. The van der Waals surface area contributed by atoms with Crippen LogP contribution >= 0.6 is 0 Å². The van der Waals surface area contributed by atoms with Crippen LogP contribution in [0.25, 0.3) is 11.0 Å². The van der Waals surface area contributed by atoms with E-state index in [1.807, 2.05) is 7.05 Å². The van der Waals surface area contributed by atoms with Gasteiger partial charge in [-0.3, -0.25) is 0 Å². The monoisotopic (exact) mass is 287 g/mol. The van der Waals surface area contributed by atoms with Crippen LogP contribution in [0.1, 0.15) is 50.9 Å². The molecule has 21 heavy (non-hydrogen) atoms. The van der Waals surface area contributed by atoms with Crippen LogP contribution in [0.2, 0.25) is 0 Å². The molecule has 2 rings (SSSR count). The first-order valence-corrected chi connectivity index (χ1v) is 8.42. The molecule has 0 unspecified atom stereocenters. The van der Waals surface area contributed by atoms with Gasteiger partial charge in [0.05, 0.1) is 11.0 Å².